The molecule has 0 aromatic heterocycles. The minimum absolute atomic E-state index is 0.0871. The minimum Gasteiger partial charge on any atom is -0.478 e. The second-order valence-electron chi connectivity index (χ2n) is 4.50. The summed E-state index contributed by atoms with van der Waals surface area (Å²) in [6.45, 7) is 0.0871. The number of benzene rings is 1. The van der Waals surface area contributed by atoms with Crippen molar-refractivity contribution in [1.82, 2.24) is 0 Å². The monoisotopic (exact) mass is 282 g/mol. The number of hydrogen-bond donors (Lipinski definition) is 4. The van der Waals surface area contributed by atoms with Crippen molar-refractivity contribution < 1.29 is 30.0 Å². The van der Waals surface area contributed by atoms with Crippen LogP contribution in [0.2, 0.25) is 0 Å². The second kappa shape index (κ2) is 7.62. The standard InChI is InChI=1S/C14H18O6/c15-7-3-1-2-4-12(16)10-6-5-9(13(17)18)8-11(10)14(19)20/h5-6,8,12,15-16H,1-4,7H2,(H,17,18)(H,19,20). The van der Waals surface area contributed by atoms with Gasteiger partial charge in [-0.05, 0) is 30.5 Å². The summed E-state index contributed by atoms with van der Waals surface area (Å²) in [7, 11) is 0. The van der Waals surface area contributed by atoms with Crippen LogP contribution in [0.4, 0.5) is 0 Å². The zero-order valence-corrected chi connectivity index (χ0v) is 11.0. The number of unbranched alkanes of at least 4 members (excludes halogenated alkanes) is 2. The molecule has 0 heterocycles. The molecule has 110 valence electrons. The largest absolute Gasteiger partial charge is 0.478 e. The molecule has 0 aliphatic carbocycles. The Morgan fingerprint density at radius 2 is 1.75 bits per heavy atom. The molecule has 0 amide bonds. The molecule has 0 aliphatic rings. The van der Waals surface area contributed by atoms with E-state index in [0.29, 0.717) is 19.3 Å². The Hall–Kier alpha value is -1.92. The predicted octanol–water partition coefficient (Wildman–Crippen LogP) is 1.67. The molecule has 0 saturated carbocycles. The van der Waals surface area contributed by atoms with Crippen molar-refractivity contribution in [3.05, 3.63) is 34.9 Å². The van der Waals surface area contributed by atoms with E-state index in [9.17, 15) is 14.7 Å². The molecule has 1 aromatic rings. The maximum Gasteiger partial charge on any atom is 0.336 e. The number of rotatable bonds is 8. The van der Waals surface area contributed by atoms with Gasteiger partial charge in [-0.1, -0.05) is 18.9 Å². The molecule has 0 radical (unpaired) electrons. The van der Waals surface area contributed by atoms with Gasteiger partial charge in [0.15, 0.2) is 0 Å². The molecule has 4 N–H and O–H groups in total. The molecule has 0 spiro atoms. The Morgan fingerprint density at radius 1 is 1.05 bits per heavy atom. The Morgan fingerprint density at radius 3 is 2.30 bits per heavy atom. The van der Waals surface area contributed by atoms with Gasteiger partial charge < -0.3 is 20.4 Å². The lowest BCUT2D eigenvalue weighted by Gasteiger charge is -2.14. The van der Waals surface area contributed by atoms with Gasteiger partial charge in [0.1, 0.15) is 0 Å². The number of aromatic carboxylic acids is 2. The second-order valence-corrected chi connectivity index (χ2v) is 4.50. The molecule has 0 aliphatic heterocycles. The van der Waals surface area contributed by atoms with Crippen LogP contribution in [0.15, 0.2) is 18.2 Å². The number of carbonyl (C=O) groups is 2. The van der Waals surface area contributed by atoms with Gasteiger partial charge in [0.25, 0.3) is 0 Å². The van der Waals surface area contributed by atoms with Crippen molar-refractivity contribution >= 4 is 11.9 Å². The van der Waals surface area contributed by atoms with Crippen LogP contribution in [0.3, 0.4) is 0 Å². The lowest BCUT2D eigenvalue weighted by atomic mass is 9.96. The van der Waals surface area contributed by atoms with Gasteiger partial charge in [0.2, 0.25) is 0 Å². The van der Waals surface area contributed by atoms with Gasteiger partial charge in [-0.25, -0.2) is 9.59 Å². The topological polar surface area (TPSA) is 115 Å². The number of hydrogen-bond acceptors (Lipinski definition) is 4. The van der Waals surface area contributed by atoms with Crippen molar-refractivity contribution in [2.24, 2.45) is 0 Å². The van der Waals surface area contributed by atoms with Crippen LogP contribution in [-0.4, -0.2) is 39.0 Å². The Kier molecular flexibility index (Phi) is 6.14. The van der Waals surface area contributed by atoms with E-state index in [2.05, 4.69) is 0 Å². The maximum absolute atomic E-state index is 11.1. The zero-order valence-electron chi connectivity index (χ0n) is 11.0. The summed E-state index contributed by atoms with van der Waals surface area (Å²) in [4.78, 5) is 22.0. The molecule has 0 bridgehead atoms. The highest BCUT2D eigenvalue weighted by molar-refractivity contribution is 5.94. The summed E-state index contributed by atoms with van der Waals surface area (Å²) >= 11 is 0. The zero-order chi connectivity index (χ0) is 15.1. The maximum atomic E-state index is 11.1. The molecular formula is C14H18O6. The van der Waals surface area contributed by atoms with Crippen LogP contribution in [0, 0.1) is 0 Å². The van der Waals surface area contributed by atoms with Gasteiger partial charge in [-0.3, -0.25) is 0 Å². The fraction of sp³-hybridized carbons (Fsp3) is 0.429. The Labute approximate surface area is 116 Å². The Bertz CT molecular complexity index is 483. The van der Waals surface area contributed by atoms with Crippen LogP contribution in [-0.2, 0) is 0 Å². The summed E-state index contributed by atoms with van der Waals surface area (Å²) in [5.41, 5.74) is -0.107. The minimum atomic E-state index is -1.27. The van der Waals surface area contributed by atoms with Crippen molar-refractivity contribution in [2.45, 2.75) is 31.8 Å². The molecule has 1 aromatic carbocycles. The van der Waals surface area contributed by atoms with Crippen LogP contribution in [0.5, 0.6) is 0 Å². The Balaban J connectivity index is 2.87. The van der Waals surface area contributed by atoms with E-state index in [1.807, 2.05) is 0 Å². The lowest BCUT2D eigenvalue weighted by molar-refractivity contribution is 0.0687. The summed E-state index contributed by atoms with van der Waals surface area (Å²) in [6.07, 6.45) is 1.44. The molecule has 1 rings (SSSR count). The first-order chi connectivity index (χ1) is 9.47. The molecule has 1 atom stereocenters. The molecule has 1 unspecified atom stereocenters. The van der Waals surface area contributed by atoms with Crippen molar-refractivity contribution in [3.8, 4) is 0 Å². The smallest absolute Gasteiger partial charge is 0.336 e. The molecule has 0 saturated heterocycles. The van der Waals surface area contributed by atoms with E-state index in [0.717, 1.165) is 12.5 Å². The number of aliphatic hydroxyl groups is 2. The third-order valence-corrected chi connectivity index (χ3v) is 3.03. The number of aliphatic hydroxyl groups excluding tert-OH is 2. The molecule has 20 heavy (non-hydrogen) atoms. The van der Waals surface area contributed by atoms with E-state index in [4.69, 9.17) is 15.3 Å². The van der Waals surface area contributed by atoms with E-state index >= 15 is 0 Å². The van der Waals surface area contributed by atoms with Crippen molar-refractivity contribution in [3.63, 3.8) is 0 Å². The highest BCUT2D eigenvalue weighted by Gasteiger charge is 2.19. The van der Waals surface area contributed by atoms with E-state index in [-0.39, 0.29) is 23.3 Å². The van der Waals surface area contributed by atoms with Gasteiger partial charge in [0.05, 0.1) is 17.2 Å². The van der Waals surface area contributed by atoms with E-state index < -0.39 is 18.0 Å². The average molecular weight is 282 g/mol. The third kappa shape index (κ3) is 4.32. The van der Waals surface area contributed by atoms with Crippen molar-refractivity contribution in [1.29, 1.82) is 0 Å². The van der Waals surface area contributed by atoms with Crippen LogP contribution in [0.25, 0.3) is 0 Å². The SMILES string of the molecule is O=C(O)c1ccc(C(O)CCCCCO)c(C(=O)O)c1. The van der Waals surface area contributed by atoms with Gasteiger partial charge in [0, 0.05) is 6.61 Å². The van der Waals surface area contributed by atoms with Gasteiger partial charge in [-0.2, -0.15) is 0 Å². The fourth-order valence-electron chi connectivity index (χ4n) is 1.95. The van der Waals surface area contributed by atoms with Crippen LogP contribution < -0.4 is 0 Å². The molecule has 6 nitrogen and oxygen atoms in total. The highest BCUT2D eigenvalue weighted by atomic mass is 16.4. The first kappa shape index (κ1) is 16.1. The molecule has 6 heteroatoms. The first-order valence-corrected chi connectivity index (χ1v) is 6.36. The quantitative estimate of drug-likeness (QED) is 0.539. The van der Waals surface area contributed by atoms with Gasteiger partial charge in [-0.15, -0.1) is 0 Å². The summed E-state index contributed by atoms with van der Waals surface area (Å²) in [6, 6.07) is 3.67. The van der Waals surface area contributed by atoms with E-state index in [1.54, 1.807) is 0 Å². The van der Waals surface area contributed by atoms with Gasteiger partial charge >= 0.3 is 11.9 Å². The number of carboxylic acids is 2. The number of carboxylic acid groups (broad SMARTS) is 2. The van der Waals surface area contributed by atoms with Crippen molar-refractivity contribution in [2.75, 3.05) is 6.61 Å². The first-order valence-electron chi connectivity index (χ1n) is 6.36. The van der Waals surface area contributed by atoms with E-state index in [1.165, 1.54) is 12.1 Å². The average Bonchev–Trinajstić information content (AvgIpc) is 2.42. The summed E-state index contributed by atoms with van der Waals surface area (Å²) in [5, 5.41) is 36.6. The van der Waals surface area contributed by atoms with Crippen LogP contribution in [0.1, 0.15) is 58.1 Å². The fourth-order valence-corrected chi connectivity index (χ4v) is 1.95. The normalized spacial score (nSPS) is 12.1. The predicted molar refractivity (Wildman–Crippen MR) is 70.9 cm³/mol. The lowest BCUT2D eigenvalue weighted by Crippen LogP contribution is -2.10. The highest BCUT2D eigenvalue weighted by Crippen LogP contribution is 2.24. The molecular weight excluding hydrogens is 264 g/mol. The summed E-state index contributed by atoms with van der Waals surface area (Å²) in [5.74, 6) is -2.48. The molecule has 0 fully saturated rings. The summed E-state index contributed by atoms with van der Waals surface area (Å²) < 4.78 is 0. The van der Waals surface area contributed by atoms with Crippen LogP contribution >= 0.6 is 0 Å². The third-order valence-electron chi connectivity index (χ3n) is 3.03.